The zero-order valence-electron chi connectivity index (χ0n) is 7.18. The van der Waals surface area contributed by atoms with Crippen molar-refractivity contribution in [3.63, 3.8) is 0 Å². The Morgan fingerprint density at radius 1 is 1.54 bits per heavy atom. The van der Waals surface area contributed by atoms with Gasteiger partial charge in [0.05, 0.1) is 18.2 Å². The van der Waals surface area contributed by atoms with Crippen LogP contribution >= 0.6 is 11.6 Å². The average molecular weight is 205 g/mol. The Morgan fingerprint density at radius 3 is 2.77 bits per heavy atom. The molecule has 0 saturated carbocycles. The molecule has 72 valence electrons. The molecular formula is C9H10ClFO2. The molecule has 2 nitrogen and oxygen atoms in total. The van der Waals surface area contributed by atoms with Gasteiger partial charge in [-0.05, 0) is 13.0 Å². The first-order valence-electron chi connectivity index (χ1n) is 3.90. The Bertz CT molecular complexity index is 302. The van der Waals surface area contributed by atoms with Crippen LogP contribution in [0.1, 0.15) is 12.5 Å². The summed E-state index contributed by atoms with van der Waals surface area (Å²) in [5, 5.41) is 8.87. The largest absolute Gasteiger partial charge is 0.493 e. The molecule has 0 fully saturated rings. The van der Waals surface area contributed by atoms with E-state index in [2.05, 4.69) is 0 Å². The number of ether oxygens (including phenoxy) is 1. The second-order valence-electron chi connectivity index (χ2n) is 2.47. The van der Waals surface area contributed by atoms with Crippen LogP contribution < -0.4 is 4.74 Å². The minimum atomic E-state index is -0.547. The Labute approximate surface area is 80.9 Å². The van der Waals surface area contributed by atoms with E-state index in [1.807, 2.05) is 0 Å². The molecule has 0 aliphatic heterocycles. The van der Waals surface area contributed by atoms with Gasteiger partial charge in [-0.2, -0.15) is 0 Å². The van der Waals surface area contributed by atoms with Crippen LogP contribution in [0.4, 0.5) is 4.39 Å². The maximum atomic E-state index is 12.9. The summed E-state index contributed by atoms with van der Waals surface area (Å²) in [7, 11) is 0. The van der Waals surface area contributed by atoms with Crippen LogP contribution in [0.2, 0.25) is 5.02 Å². The third kappa shape index (κ3) is 2.32. The smallest absolute Gasteiger partial charge is 0.142 e. The molecule has 0 amide bonds. The predicted molar refractivity (Wildman–Crippen MR) is 48.5 cm³/mol. The lowest BCUT2D eigenvalue weighted by molar-refractivity contribution is 0.266. The molecule has 1 aromatic rings. The highest BCUT2D eigenvalue weighted by Gasteiger charge is 2.08. The molecule has 1 rings (SSSR count). The van der Waals surface area contributed by atoms with E-state index in [1.165, 1.54) is 12.1 Å². The lowest BCUT2D eigenvalue weighted by Crippen LogP contribution is -1.97. The molecule has 0 aromatic heterocycles. The van der Waals surface area contributed by atoms with Gasteiger partial charge in [0.25, 0.3) is 0 Å². The summed E-state index contributed by atoms with van der Waals surface area (Å²) in [6, 6.07) is 2.54. The van der Waals surface area contributed by atoms with Gasteiger partial charge in [-0.3, -0.25) is 0 Å². The van der Waals surface area contributed by atoms with Crippen LogP contribution in [0.15, 0.2) is 12.1 Å². The third-order valence-electron chi connectivity index (χ3n) is 1.57. The van der Waals surface area contributed by atoms with E-state index >= 15 is 0 Å². The summed E-state index contributed by atoms with van der Waals surface area (Å²) >= 11 is 5.54. The van der Waals surface area contributed by atoms with E-state index in [4.69, 9.17) is 21.4 Å². The first kappa shape index (κ1) is 10.3. The highest BCUT2D eigenvalue weighted by atomic mass is 35.5. The van der Waals surface area contributed by atoms with Gasteiger partial charge in [0.15, 0.2) is 0 Å². The SMILES string of the molecule is CCOc1cc(Cl)c(F)cc1CO. The quantitative estimate of drug-likeness (QED) is 0.819. The van der Waals surface area contributed by atoms with Crippen molar-refractivity contribution in [1.82, 2.24) is 0 Å². The van der Waals surface area contributed by atoms with Crippen molar-refractivity contribution in [1.29, 1.82) is 0 Å². The average Bonchev–Trinajstić information content (AvgIpc) is 2.11. The number of hydrogen-bond acceptors (Lipinski definition) is 2. The number of aliphatic hydroxyl groups excluding tert-OH is 1. The van der Waals surface area contributed by atoms with Gasteiger partial charge < -0.3 is 9.84 Å². The number of hydrogen-bond donors (Lipinski definition) is 1. The minimum Gasteiger partial charge on any atom is -0.493 e. The summed E-state index contributed by atoms with van der Waals surface area (Å²) in [4.78, 5) is 0. The highest BCUT2D eigenvalue weighted by molar-refractivity contribution is 6.30. The Kier molecular flexibility index (Phi) is 3.51. The standard InChI is InChI=1S/C9H10ClFO2/c1-2-13-9-4-7(10)8(11)3-6(9)5-12/h3-4,12H,2,5H2,1H3. The second kappa shape index (κ2) is 4.44. The lowest BCUT2D eigenvalue weighted by atomic mass is 10.2. The Morgan fingerprint density at radius 2 is 2.23 bits per heavy atom. The molecule has 0 saturated heterocycles. The zero-order valence-corrected chi connectivity index (χ0v) is 7.94. The van der Waals surface area contributed by atoms with Crippen molar-refractivity contribution < 1.29 is 14.2 Å². The fourth-order valence-electron chi connectivity index (χ4n) is 0.983. The fourth-order valence-corrected chi connectivity index (χ4v) is 1.14. The molecule has 1 aromatic carbocycles. The van der Waals surface area contributed by atoms with Crippen LogP contribution in [0.3, 0.4) is 0 Å². The van der Waals surface area contributed by atoms with Gasteiger partial charge in [0.1, 0.15) is 11.6 Å². The molecule has 0 aliphatic carbocycles. The van der Waals surface area contributed by atoms with Gasteiger partial charge in [0, 0.05) is 11.6 Å². The summed E-state index contributed by atoms with van der Waals surface area (Å²) in [5.41, 5.74) is 0.406. The molecule has 0 spiro atoms. The van der Waals surface area contributed by atoms with Gasteiger partial charge in [-0.15, -0.1) is 0 Å². The fraction of sp³-hybridized carbons (Fsp3) is 0.333. The zero-order chi connectivity index (χ0) is 9.84. The van der Waals surface area contributed by atoms with Crippen molar-refractivity contribution >= 4 is 11.6 Å². The van der Waals surface area contributed by atoms with Crippen molar-refractivity contribution in [2.75, 3.05) is 6.61 Å². The highest BCUT2D eigenvalue weighted by Crippen LogP contribution is 2.26. The molecule has 0 radical (unpaired) electrons. The Balaban J connectivity index is 3.09. The monoisotopic (exact) mass is 204 g/mol. The van der Waals surface area contributed by atoms with Crippen LogP contribution in [0.5, 0.6) is 5.75 Å². The molecule has 4 heteroatoms. The van der Waals surface area contributed by atoms with E-state index in [1.54, 1.807) is 6.92 Å². The molecule has 0 bridgehead atoms. The van der Waals surface area contributed by atoms with Crippen molar-refractivity contribution in [3.8, 4) is 5.75 Å². The number of aliphatic hydroxyl groups is 1. The van der Waals surface area contributed by atoms with Crippen LogP contribution in [0.25, 0.3) is 0 Å². The molecule has 0 aliphatic rings. The number of rotatable bonds is 3. The summed E-state index contributed by atoms with van der Waals surface area (Å²) in [6.07, 6.45) is 0. The number of benzene rings is 1. The van der Waals surface area contributed by atoms with E-state index in [-0.39, 0.29) is 11.6 Å². The van der Waals surface area contributed by atoms with Crippen LogP contribution in [0, 0.1) is 5.82 Å². The summed E-state index contributed by atoms with van der Waals surface area (Å²) in [6.45, 7) is 2.00. The molecule has 0 unspecified atom stereocenters. The van der Waals surface area contributed by atoms with E-state index in [0.717, 1.165) is 0 Å². The molecule has 1 N–H and O–H groups in total. The normalized spacial score (nSPS) is 10.2. The molecular weight excluding hydrogens is 195 g/mol. The van der Waals surface area contributed by atoms with E-state index in [0.29, 0.717) is 17.9 Å². The topological polar surface area (TPSA) is 29.5 Å². The molecule has 0 atom stereocenters. The van der Waals surface area contributed by atoms with E-state index < -0.39 is 5.82 Å². The molecule has 0 heterocycles. The molecule has 13 heavy (non-hydrogen) atoms. The van der Waals surface area contributed by atoms with Gasteiger partial charge in [-0.25, -0.2) is 4.39 Å². The van der Waals surface area contributed by atoms with Crippen LogP contribution in [-0.2, 0) is 6.61 Å². The Hall–Kier alpha value is -0.800. The lowest BCUT2D eigenvalue weighted by Gasteiger charge is -2.08. The summed E-state index contributed by atoms with van der Waals surface area (Å²) < 4.78 is 18.0. The van der Waals surface area contributed by atoms with E-state index in [9.17, 15) is 4.39 Å². The van der Waals surface area contributed by atoms with Gasteiger partial charge in [-0.1, -0.05) is 11.6 Å². The van der Waals surface area contributed by atoms with Gasteiger partial charge in [0.2, 0.25) is 0 Å². The minimum absolute atomic E-state index is 0.000602. The second-order valence-corrected chi connectivity index (χ2v) is 2.87. The predicted octanol–water partition coefficient (Wildman–Crippen LogP) is 2.37. The van der Waals surface area contributed by atoms with Crippen molar-refractivity contribution in [2.24, 2.45) is 0 Å². The summed E-state index contributed by atoms with van der Waals surface area (Å²) in [5.74, 6) is -0.120. The van der Waals surface area contributed by atoms with Gasteiger partial charge >= 0.3 is 0 Å². The maximum absolute atomic E-state index is 12.9. The first-order chi connectivity index (χ1) is 6.19. The van der Waals surface area contributed by atoms with Crippen molar-refractivity contribution in [2.45, 2.75) is 13.5 Å². The first-order valence-corrected chi connectivity index (χ1v) is 4.28. The third-order valence-corrected chi connectivity index (χ3v) is 1.86. The van der Waals surface area contributed by atoms with Crippen molar-refractivity contribution in [3.05, 3.63) is 28.5 Å². The number of halogens is 2. The van der Waals surface area contributed by atoms with Crippen LogP contribution in [-0.4, -0.2) is 11.7 Å². The maximum Gasteiger partial charge on any atom is 0.142 e.